The number of alkyl carbamates (subject to hydrolysis) is 1. The standard InChI is InChI=1S/C26H27NO7S/c1-19-13-15-22(16-14-19)35(31,32)34-26(2,24(28)29)23(17-20-9-5-3-6-10-20)27-25(30)33-18-21-11-7-4-8-12-21/h3-16,23H,17-18H2,1-2H3,(H,27,30)(H,28,29)/t23-,26+/m0/s1. The van der Waals surface area contributed by atoms with Crippen molar-refractivity contribution in [2.45, 2.75) is 43.4 Å². The van der Waals surface area contributed by atoms with Gasteiger partial charge in [0, 0.05) is 0 Å². The highest BCUT2D eigenvalue weighted by Gasteiger charge is 2.48. The Bertz CT molecular complexity index is 1250. The Morgan fingerprint density at radius 3 is 2.00 bits per heavy atom. The Morgan fingerprint density at radius 1 is 0.914 bits per heavy atom. The van der Waals surface area contributed by atoms with Gasteiger partial charge >= 0.3 is 12.1 Å². The van der Waals surface area contributed by atoms with Crippen molar-refractivity contribution in [1.82, 2.24) is 5.32 Å². The van der Waals surface area contributed by atoms with Gasteiger partial charge in [-0.2, -0.15) is 8.42 Å². The van der Waals surface area contributed by atoms with E-state index in [0.717, 1.165) is 18.1 Å². The molecule has 0 saturated heterocycles. The summed E-state index contributed by atoms with van der Waals surface area (Å²) in [5.74, 6) is -1.56. The summed E-state index contributed by atoms with van der Waals surface area (Å²) in [5.41, 5.74) is -0.105. The molecule has 3 aromatic rings. The first-order valence-corrected chi connectivity index (χ1v) is 12.3. The minimum atomic E-state index is -4.48. The van der Waals surface area contributed by atoms with E-state index in [-0.39, 0.29) is 17.9 Å². The molecule has 0 unspecified atom stereocenters. The second kappa shape index (κ2) is 11.2. The first-order valence-electron chi connectivity index (χ1n) is 10.9. The van der Waals surface area contributed by atoms with E-state index in [0.29, 0.717) is 5.56 Å². The van der Waals surface area contributed by atoms with Crippen LogP contribution in [-0.2, 0) is 36.9 Å². The molecule has 35 heavy (non-hydrogen) atoms. The molecular weight excluding hydrogens is 470 g/mol. The van der Waals surface area contributed by atoms with Gasteiger partial charge in [0.2, 0.25) is 5.60 Å². The van der Waals surface area contributed by atoms with Crippen molar-refractivity contribution < 1.29 is 32.0 Å². The van der Waals surface area contributed by atoms with Gasteiger partial charge < -0.3 is 15.2 Å². The van der Waals surface area contributed by atoms with E-state index < -0.39 is 33.8 Å². The number of aliphatic carboxylic acids is 1. The molecule has 0 fully saturated rings. The Balaban J connectivity index is 1.88. The predicted octanol–water partition coefficient (Wildman–Crippen LogP) is 4.08. The molecule has 3 rings (SSSR count). The minimum absolute atomic E-state index is 0.0203. The lowest BCUT2D eigenvalue weighted by atomic mass is 9.91. The number of carboxylic acid groups (broad SMARTS) is 1. The van der Waals surface area contributed by atoms with Gasteiger partial charge in [-0.05, 0) is 43.5 Å². The number of rotatable bonds is 10. The summed E-state index contributed by atoms with van der Waals surface area (Å²) in [4.78, 5) is 24.8. The number of hydrogen-bond acceptors (Lipinski definition) is 6. The van der Waals surface area contributed by atoms with Gasteiger partial charge in [0.15, 0.2) is 0 Å². The highest BCUT2D eigenvalue weighted by atomic mass is 32.2. The third-order valence-corrected chi connectivity index (χ3v) is 6.88. The quantitative estimate of drug-likeness (QED) is 0.405. The summed E-state index contributed by atoms with van der Waals surface area (Å²) >= 11 is 0. The van der Waals surface area contributed by atoms with Crippen LogP contribution in [0.4, 0.5) is 4.79 Å². The fourth-order valence-corrected chi connectivity index (χ4v) is 4.57. The lowest BCUT2D eigenvalue weighted by Gasteiger charge is -2.33. The average molecular weight is 498 g/mol. The molecule has 3 aromatic carbocycles. The average Bonchev–Trinajstić information content (AvgIpc) is 2.83. The molecular formula is C26H27NO7S. The molecule has 2 N–H and O–H groups in total. The summed E-state index contributed by atoms with van der Waals surface area (Å²) in [6, 6.07) is 22.3. The third kappa shape index (κ3) is 6.91. The molecule has 0 heterocycles. The van der Waals surface area contributed by atoms with Crippen LogP contribution in [0, 0.1) is 6.92 Å². The Hall–Kier alpha value is -3.69. The highest BCUT2D eigenvalue weighted by molar-refractivity contribution is 7.86. The summed E-state index contributed by atoms with van der Waals surface area (Å²) in [6.07, 6.45) is -0.924. The van der Waals surface area contributed by atoms with Crippen LogP contribution in [0.25, 0.3) is 0 Å². The lowest BCUT2D eigenvalue weighted by Crippen LogP contribution is -2.59. The first kappa shape index (κ1) is 25.9. The minimum Gasteiger partial charge on any atom is -0.479 e. The number of benzene rings is 3. The maximum Gasteiger partial charge on any atom is 0.407 e. The number of carbonyl (C=O) groups is 2. The van der Waals surface area contributed by atoms with Crippen molar-refractivity contribution >= 4 is 22.2 Å². The van der Waals surface area contributed by atoms with Crippen LogP contribution >= 0.6 is 0 Å². The summed E-state index contributed by atoms with van der Waals surface area (Å²) in [5, 5.41) is 12.6. The molecule has 0 spiro atoms. The van der Waals surface area contributed by atoms with Crippen molar-refractivity contribution in [1.29, 1.82) is 0 Å². The summed E-state index contributed by atoms with van der Waals surface area (Å²) < 4.78 is 36.5. The largest absolute Gasteiger partial charge is 0.479 e. The first-order chi connectivity index (χ1) is 16.6. The van der Waals surface area contributed by atoms with E-state index in [9.17, 15) is 23.1 Å². The molecule has 9 heteroatoms. The Kier molecular flexibility index (Phi) is 8.26. The van der Waals surface area contributed by atoms with Gasteiger partial charge in [0.25, 0.3) is 10.1 Å². The van der Waals surface area contributed by atoms with Crippen LogP contribution in [0.3, 0.4) is 0 Å². The van der Waals surface area contributed by atoms with Gasteiger partial charge in [-0.1, -0.05) is 78.4 Å². The molecule has 184 valence electrons. The number of carbonyl (C=O) groups excluding carboxylic acids is 1. The van der Waals surface area contributed by atoms with E-state index >= 15 is 0 Å². The number of amides is 1. The van der Waals surface area contributed by atoms with Gasteiger partial charge in [0.1, 0.15) is 6.61 Å². The van der Waals surface area contributed by atoms with Crippen molar-refractivity contribution in [2.75, 3.05) is 0 Å². The molecule has 1 amide bonds. The van der Waals surface area contributed by atoms with E-state index in [2.05, 4.69) is 5.32 Å². The van der Waals surface area contributed by atoms with E-state index in [1.54, 1.807) is 73.7 Å². The zero-order valence-corrected chi connectivity index (χ0v) is 20.2. The van der Waals surface area contributed by atoms with Crippen LogP contribution in [0.1, 0.15) is 23.6 Å². The highest BCUT2D eigenvalue weighted by Crippen LogP contribution is 2.27. The zero-order valence-electron chi connectivity index (χ0n) is 19.4. The van der Waals surface area contributed by atoms with E-state index in [1.165, 1.54) is 12.1 Å². The molecule has 0 aliphatic carbocycles. The molecule has 8 nitrogen and oxygen atoms in total. The SMILES string of the molecule is Cc1ccc(S(=O)(=O)O[C@@](C)(C(=O)O)[C@H](Cc2ccccc2)NC(=O)OCc2ccccc2)cc1. The smallest absolute Gasteiger partial charge is 0.407 e. The number of nitrogens with one attached hydrogen (secondary N) is 1. The normalized spacial score (nSPS) is 13.9. The third-order valence-electron chi connectivity index (χ3n) is 5.47. The topological polar surface area (TPSA) is 119 Å². The lowest BCUT2D eigenvalue weighted by molar-refractivity contribution is -0.155. The monoisotopic (exact) mass is 497 g/mol. The van der Waals surface area contributed by atoms with Crippen molar-refractivity contribution in [3.05, 3.63) is 102 Å². The van der Waals surface area contributed by atoms with Gasteiger partial charge in [-0.25, -0.2) is 13.8 Å². The molecule has 2 atom stereocenters. The van der Waals surface area contributed by atoms with Crippen molar-refractivity contribution in [3.8, 4) is 0 Å². The van der Waals surface area contributed by atoms with Crippen LogP contribution in [0.15, 0.2) is 89.8 Å². The Labute approximate surface area is 204 Å². The molecule has 0 aliphatic heterocycles. The molecule has 0 aromatic heterocycles. The van der Waals surface area contributed by atoms with Crippen LogP contribution < -0.4 is 5.32 Å². The number of hydrogen-bond donors (Lipinski definition) is 2. The summed E-state index contributed by atoms with van der Waals surface area (Å²) in [6.45, 7) is 2.86. The van der Waals surface area contributed by atoms with Gasteiger partial charge in [-0.15, -0.1) is 0 Å². The van der Waals surface area contributed by atoms with Crippen molar-refractivity contribution in [2.24, 2.45) is 0 Å². The van der Waals surface area contributed by atoms with Gasteiger partial charge in [-0.3, -0.25) is 0 Å². The second-order valence-corrected chi connectivity index (χ2v) is 9.76. The molecule has 0 aliphatic rings. The van der Waals surface area contributed by atoms with E-state index in [1.807, 2.05) is 6.07 Å². The van der Waals surface area contributed by atoms with Crippen molar-refractivity contribution in [3.63, 3.8) is 0 Å². The second-order valence-electron chi connectivity index (χ2n) is 8.21. The maximum absolute atomic E-state index is 13.0. The number of carboxylic acids is 1. The number of ether oxygens (including phenoxy) is 1. The molecule has 0 saturated carbocycles. The van der Waals surface area contributed by atoms with Crippen LogP contribution in [0.2, 0.25) is 0 Å². The van der Waals surface area contributed by atoms with Crippen LogP contribution in [-0.4, -0.2) is 37.2 Å². The van der Waals surface area contributed by atoms with Gasteiger partial charge in [0.05, 0.1) is 10.9 Å². The van der Waals surface area contributed by atoms with E-state index in [4.69, 9.17) is 8.92 Å². The van der Waals surface area contributed by atoms with Crippen LogP contribution in [0.5, 0.6) is 0 Å². The fourth-order valence-electron chi connectivity index (χ4n) is 3.36. The molecule has 0 bridgehead atoms. The molecule has 0 radical (unpaired) electrons. The number of aryl methyl sites for hydroxylation is 1. The fraction of sp³-hybridized carbons (Fsp3) is 0.231. The maximum atomic E-state index is 13.0. The predicted molar refractivity (Wildman–Crippen MR) is 129 cm³/mol. The Morgan fingerprint density at radius 2 is 1.46 bits per heavy atom. The summed E-state index contributed by atoms with van der Waals surface area (Å²) in [7, 11) is -4.48. The zero-order chi connectivity index (χ0) is 25.5.